The number of nitrogens with two attached hydrogens (primary N) is 1. The molecule has 0 spiro atoms. The molecule has 2 nitrogen and oxygen atoms in total. The Bertz CT molecular complexity index is 310. The molecule has 6 heteroatoms. The summed E-state index contributed by atoms with van der Waals surface area (Å²) in [5.41, 5.74) is 6.41. The first kappa shape index (κ1) is 13.2. The van der Waals surface area contributed by atoms with E-state index in [-0.39, 0.29) is 18.9 Å². The number of hydrogen-bond acceptors (Lipinski definition) is 2. The topological polar surface area (TPSA) is 35.2 Å². The molecule has 90 valence electrons. The van der Waals surface area contributed by atoms with E-state index in [1.54, 1.807) is 0 Å². The van der Waals surface area contributed by atoms with E-state index in [4.69, 9.17) is 5.73 Å². The summed E-state index contributed by atoms with van der Waals surface area (Å²) in [7, 11) is -5.11. The minimum atomic E-state index is -5.11. The Labute approximate surface area is 93.6 Å². The van der Waals surface area contributed by atoms with Crippen LogP contribution in [0, 0.1) is 0 Å². The maximum Gasteiger partial charge on any atom is 0.610 e. The Morgan fingerprint density at radius 2 is 1.88 bits per heavy atom. The zero-order valence-electron chi connectivity index (χ0n) is 8.70. The van der Waals surface area contributed by atoms with E-state index in [9.17, 15) is 12.7 Å². The minimum Gasteiger partial charge on any atom is -0.330 e. The summed E-state index contributed by atoms with van der Waals surface area (Å²) in [6.45, 7) is 0.265. The highest BCUT2D eigenvalue weighted by atomic mass is 28.4. The molecule has 1 aromatic rings. The predicted molar refractivity (Wildman–Crippen MR) is 57.8 cm³/mol. The first-order chi connectivity index (χ1) is 7.59. The van der Waals surface area contributed by atoms with E-state index in [2.05, 4.69) is 4.63 Å². The van der Waals surface area contributed by atoms with Crippen molar-refractivity contribution in [2.24, 2.45) is 5.73 Å². The molecule has 0 radical (unpaired) electrons. The lowest BCUT2D eigenvalue weighted by atomic mass is 9.97. The second kappa shape index (κ2) is 6.02. The molecule has 1 unspecified atom stereocenters. The molecular formula is C10H14F3NOSi. The quantitative estimate of drug-likeness (QED) is 0.621. The first-order valence-corrected chi connectivity index (χ1v) is 6.89. The van der Waals surface area contributed by atoms with Crippen molar-refractivity contribution in [3.63, 3.8) is 0 Å². The lowest BCUT2D eigenvalue weighted by Crippen LogP contribution is -2.25. The summed E-state index contributed by atoms with van der Waals surface area (Å²) in [5, 5.41) is 0. The zero-order chi connectivity index (χ0) is 12.0. The van der Waals surface area contributed by atoms with E-state index >= 15 is 0 Å². The SMILES string of the molecule is NCC(CC[Si](F)(F)OF)c1ccccc1. The van der Waals surface area contributed by atoms with Crippen LogP contribution in [0.5, 0.6) is 0 Å². The Morgan fingerprint density at radius 3 is 2.38 bits per heavy atom. The van der Waals surface area contributed by atoms with Crippen LogP contribution < -0.4 is 5.73 Å². The molecule has 0 amide bonds. The highest BCUT2D eigenvalue weighted by Gasteiger charge is 2.40. The van der Waals surface area contributed by atoms with Gasteiger partial charge >= 0.3 is 8.99 Å². The van der Waals surface area contributed by atoms with Crippen molar-refractivity contribution in [2.75, 3.05) is 6.54 Å². The second-order valence-electron chi connectivity index (χ2n) is 3.60. The fraction of sp³-hybridized carbons (Fsp3) is 0.400. The third-order valence-electron chi connectivity index (χ3n) is 2.45. The van der Waals surface area contributed by atoms with Crippen LogP contribution in [0.3, 0.4) is 0 Å². The minimum absolute atomic E-state index is 0.143. The smallest absolute Gasteiger partial charge is 0.330 e. The zero-order valence-corrected chi connectivity index (χ0v) is 9.70. The molecule has 0 saturated heterocycles. The summed E-state index contributed by atoms with van der Waals surface area (Å²) >= 11 is 0. The Balaban J connectivity index is 2.57. The molecule has 0 heterocycles. The van der Waals surface area contributed by atoms with Crippen molar-refractivity contribution in [1.29, 1.82) is 0 Å². The van der Waals surface area contributed by atoms with Crippen LogP contribution in [-0.2, 0) is 4.63 Å². The molecule has 2 N–H and O–H groups in total. The highest BCUT2D eigenvalue weighted by molar-refractivity contribution is 6.58. The summed E-state index contributed by atoms with van der Waals surface area (Å²) < 4.78 is 39.6. The van der Waals surface area contributed by atoms with Gasteiger partial charge in [-0.25, -0.2) is 8.22 Å². The molecule has 0 bridgehead atoms. The van der Waals surface area contributed by atoms with Gasteiger partial charge in [0.25, 0.3) is 0 Å². The maximum atomic E-state index is 12.7. The Morgan fingerprint density at radius 1 is 1.25 bits per heavy atom. The van der Waals surface area contributed by atoms with Gasteiger partial charge in [-0.1, -0.05) is 34.9 Å². The van der Waals surface area contributed by atoms with Crippen molar-refractivity contribution in [3.8, 4) is 0 Å². The van der Waals surface area contributed by atoms with Crippen LogP contribution in [-0.4, -0.2) is 15.5 Å². The van der Waals surface area contributed by atoms with Gasteiger partial charge in [0.1, 0.15) is 0 Å². The van der Waals surface area contributed by atoms with E-state index in [0.717, 1.165) is 5.56 Å². The molecule has 16 heavy (non-hydrogen) atoms. The lowest BCUT2D eigenvalue weighted by molar-refractivity contribution is -0.0515. The van der Waals surface area contributed by atoms with Crippen LogP contribution >= 0.6 is 0 Å². The van der Waals surface area contributed by atoms with Crippen molar-refractivity contribution in [3.05, 3.63) is 35.9 Å². The monoisotopic (exact) mass is 249 g/mol. The normalized spacial score (nSPS) is 13.8. The summed E-state index contributed by atoms with van der Waals surface area (Å²) in [4.78, 5) is 0. The Kier molecular flexibility index (Phi) is 4.97. The van der Waals surface area contributed by atoms with Crippen molar-refractivity contribution in [2.45, 2.75) is 18.4 Å². The van der Waals surface area contributed by atoms with E-state index in [0.29, 0.717) is 0 Å². The van der Waals surface area contributed by atoms with Gasteiger partial charge in [-0.3, -0.25) is 0 Å². The number of halogens is 3. The number of rotatable bonds is 6. The van der Waals surface area contributed by atoms with E-state index < -0.39 is 15.0 Å². The van der Waals surface area contributed by atoms with Crippen molar-refractivity contribution < 1.29 is 17.4 Å². The average Bonchev–Trinajstić information content (AvgIpc) is 2.31. The molecule has 1 rings (SSSR count). The molecular weight excluding hydrogens is 235 g/mol. The van der Waals surface area contributed by atoms with E-state index in [1.807, 2.05) is 30.3 Å². The fourth-order valence-corrected chi connectivity index (χ4v) is 2.29. The molecule has 0 saturated carbocycles. The van der Waals surface area contributed by atoms with Gasteiger partial charge in [-0.15, -0.1) is 0 Å². The molecule has 1 atom stereocenters. The third kappa shape index (κ3) is 3.95. The molecule has 0 fully saturated rings. The first-order valence-electron chi connectivity index (χ1n) is 5.01. The standard InChI is InChI=1S/C10H14F3NOSi/c11-15-16(12,13)7-6-10(8-14)9-4-2-1-3-5-9/h1-5,10H,6-8,14H2. The van der Waals surface area contributed by atoms with Gasteiger partial charge in [0.2, 0.25) is 0 Å². The third-order valence-corrected chi connectivity index (χ3v) is 3.55. The molecule has 0 aliphatic heterocycles. The van der Waals surface area contributed by atoms with Crippen LogP contribution in [0.1, 0.15) is 17.9 Å². The van der Waals surface area contributed by atoms with Gasteiger partial charge < -0.3 is 5.73 Å². The van der Waals surface area contributed by atoms with Crippen molar-refractivity contribution >= 4 is 8.99 Å². The lowest BCUT2D eigenvalue weighted by Gasteiger charge is -2.16. The number of benzene rings is 1. The fourth-order valence-electron chi connectivity index (χ4n) is 1.53. The number of hydrogen-bond donors (Lipinski definition) is 1. The molecule has 0 aliphatic carbocycles. The molecule has 0 aromatic heterocycles. The van der Waals surface area contributed by atoms with Gasteiger partial charge in [0, 0.05) is 6.04 Å². The average molecular weight is 249 g/mol. The largest absolute Gasteiger partial charge is 0.610 e. The van der Waals surface area contributed by atoms with E-state index in [1.165, 1.54) is 0 Å². The molecule has 1 aromatic carbocycles. The van der Waals surface area contributed by atoms with Gasteiger partial charge in [0.05, 0.1) is 0 Å². The molecule has 0 aliphatic rings. The maximum absolute atomic E-state index is 12.7. The summed E-state index contributed by atoms with van der Waals surface area (Å²) in [5.74, 6) is -0.172. The second-order valence-corrected chi connectivity index (χ2v) is 5.53. The van der Waals surface area contributed by atoms with Crippen LogP contribution in [0.15, 0.2) is 30.3 Å². The van der Waals surface area contributed by atoms with Crippen molar-refractivity contribution in [1.82, 2.24) is 0 Å². The summed E-state index contributed by atoms with van der Waals surface area (Å²) in [6.07, 6.45) is 0.143. The highest BCUT2D eigenvalue weighted by Crippen LogP contribution is 2.26. The van der Waals surface area contributed by atoms with Gasteiger partial charge in [-0.2, -0.15) is 4.63 Å². The van der Waals surface area contributed by atoms with Gasteiger partial charge in [-0.05, 0) is 24.4 Å². The van der Waals surface area contributed by atoms with Crippen LogP contribution in [0.4, 0.5) is 12.7 Å². The van der Waals surface area contributed by atoms with Gasteiger partial charge in [0.15, 0.2) is 0 Å². The Hall–Kier alpha value is -0.853. The van der Waals surface area contributed by atoms with Crippen LogP contribution in [0.2, 0.25) is 6.04 Å². The van der Waals surface area contributed by atoms with Crippen LogP contribution in [0.25, 0.3) is 0 Å². The predicted octanol–water partition coefficient (Wildman–Crippen LogP) is 2.90. The summed E-state index contributed by atoms with van der Waals surface area (Å²) in [6, 6.07) is 8.59.